The summed E-state index contributed by atoms with van der Waals surface area (Å²) in [6.07, 6.45) is 6.56. The second-order valence-electron chi connectivity index (χ2n) is 8.35. The monoisotopic (exact) mass is 447 g/mol. The Balaban J connectivity index is 0.000000491. The summed E-state index contributed by atoms with van der Waals surface area (Å²) in [5.74, 6) is 2.77. The van der Waals surface area contributed by atoms with E-state index >= 15 is 0 Å². The number of hydrogen-bond acceptors (Lipinski definition) is 5. The van der Waals surface area contributed by atoms with Crippen molar-refractivity contribution < 1.29 is 22.4 Å². The van der Waals surface area contributed by atoms with Crippen LogP contribution in [0.2, 0.25) is 0 Å². The predicted octanol–water partition coefficient (Wildman–Crippen LogP) is 3.73. The fourth-order valence-electron chi connectivity index (χ4n) is 4.60. The standard InChI is InChI=1S/C23H29NO2.CH4O3S/c1-24(14-12-17-6-4-11-23-20(17)13-15-26-23)16-18-7-3-9-21-19(18)8-5-10-22(21)25-2;1-5(2,3)4/h4-6,8,10-11,18H,3,7,9,12-16H2,1-2H3;1H3,(H,2,3,4)/t18-;/m0./s1. The Morgan fingerprint density at radius 2 is 1.90 bits per heavy atom. The van der Waals surface area contributed by atoms with E-state index in [1.54, 1.807) is 7.11 Å². The summed E-state index contributed by atoms with van der Waals surface area (Å²) >= 11 is 0. The van der Waals surface area contributed by atoms with Crippen LogP contribution < -0.4 is 9.47 Å². The van der Waals surface area contributed by atoms with E-state index in [4.69, 9.17) is 14.0 Å². The van der Waals surface area contributed by atoms with Gasteiger partial charge in [0.05, 0.1) is 20.0 Å². The third-order valence-electron chi connectivity index (χ3n) is 5.94. The molecule has 0 spiro atoms. The van der Waals surface area contributed by atoms with Crippen molar-refractivity contribution >= 4 is 10.1 Å². The van der Waals surface area contributed by atoms with Gasteiger partial charge in [-0.25, -0.2) is 0 Å². The van der Waals surface area contributed by atoms with Gasteiger partial charge in [-0.2, -0.15) is 8.42 Å². The number of nitrogens with zero attached hydrogens (tertiary/aromatic N) is 1. The van der Waals surface area contributed by atoms with E-state index in [9.17, 15) is 8.42 Å². The van der Waals surface area contributed by atoms with Gasteiger partial charge in [0.15, 0.2) is 0 Å². The highest BCUT2D eigenvalue weighted by Gasteiger charge is 2.24. The van der Waals surface area contributed by atoms with Crippen LogP contribution in [0.1, 0.15) is 41.0 Å². The number of benzene rings is 2. The highest BCUT2D eigenvalue weighted by Crippen LogP contribution is 2.37. The van der Waals surface area contributed by atoms with Crippen LogP contribution in [0.4, 0.5) is 0 Å². The Morgan fingerprint density at radius 1 is 1.16 bits per heavy atom. The van der Waals surface area contributed by atoms with Gasteiger partial charge in [-0.3, -0.25) is 4.55 Å². The molecule has 0 amide bonds. The minimum absolute atomic E-state index is 0.615. The second-order valence-corrected chi connectivity index (χ2v) is 9.82. The van der Waals surface area contributed by atoms with Gasteiger partial charge in [-0.05, 0) is 67.5 Å². The molecular formula is C24H33NO5S. The first-order valence-corrected chi connectivity index (χ1v) is 12.6. The van der Waals surface area contributed by atoms with E-state index in [0.717, 1.165) is 50.5 Å². The van der Waals surface area contributed by atoms with Gasteiger partial charge in [0.1, 0.15) is 11.5 Å². The zero-order valence-electron chi connectivity index (χ0n) is 18.6. The highest BCUT2D eigenvalue weighted by atomic mass is 32.2. The molecule has 2 aromatic rings. The van der Waals surface area contributed by atoms with Crippen molar-refractivity contribution in [3.8, 4) is 11.5 Å². The van der Waals surface area contributed by atoms with Crippen molar-refractivity contribution in [2.45, 2.75) is 38.0 Å². The molecule has 0 fully saturated rings. The molecule has 1 heterocycles. The second kappa shape index (κ2) is 10.5. The Bertz CT molecular complexity index is 981. The summed E-state index contributed by atoms with van der Waals surface area (Å²) < 4.78 is 37.2. The highest BCUT2D eigenvalue weighted by molar-refractivity contribution is 7.85. The Hall–Kier alpha value is -2.09. The van der Waals surface area contributed by atoms with E-state index in [-0.39, 0.29) is 0 Å². The minimum atomic E-state index is -3.67. The van der Waals surface area contributed by atoms with Crippen molar-refractivity contribution in [3.05, 3.63) is 58.7 Å². The summed E-state index contributed by atoms with van der Waals surface area (Å²) in [5, 5.41) is 0. The van der Waals surface area contributed by atoms with Gasteiger partial charge in [-0.15, -0.1) is 0 Å². The molecule has 1 aliphatic carbocycles. The van der Waals surface area contributed by atoms with Crippen molar-refractivity contribution in [2.75, 3.05) is 40.1 Å². The lowest BCUT2D eigenvalue weighted by Crippen LogP contribution is -2.29. The summed E-state index contributed by atoms with van der Waals surface area (Å²) in [6.45, 7) is 3.04. The molecule has 2 aromatic carbocycles. The quantitative estimate of drug-likeness (QED) is 0.680. The molecule has 170 valence electrons. The summed E-state index contributed by atoms with van der Waals surface area (Å²) in [6, 6.07) is 13.0. The lowest BCUT2D eigenvalue weighted by atomic mass is 9.82. The van der Waals surface area contributed by atoms with E-state index in [1.807, 2.05) is 0 Å². The molecule has 6 nitrogen and oxygen atoms in total. The lowest BCUT2D eigenvalue weighted by Gasteiger charge is -2.30. The third-order valence-corrected chi connectivity index (χ3v) is 5.94. The molecular weight excluding hydrogens is 414 g/mol. The van der Waals surface area contributed by atoms with Crippen LogP contribution in [0.5, 0.6) is 11.5 Å². The van der Waals surface area contributed by atoms with E-state index < -0.39 is 10.1 Å². The van der Waals surface area contributed by atoms with E-state index in [0.29, 0.717) is 12.2 Å². The van der Waals surface area contributed by atoms with Crippen molar-refractivity contribution in [2.24, 2.45) is 0 Å². The molecule has 31 heavy (non-hydrogen) atoms. The number of hydrogen-bond donors (Lipinski definition) is 1. The fraction of sp³-hybridized carbons (Fsp3) is 0.500. The zero-order valence-corrected chi connectivity index (χ0v) is 19.5. The maximum absolute atomic E-state index is 9.19. The maximum Gasteiger partial charge on any atom is 0.261 e. The number of fused-ring (bicyclic) bond motifs is 2. The molecule has 1 aliphatic heterocycles. The first kappa shape index (κ1) is 23.6. The largest absolute Gasteiger partial charge is 0.496 e. The number of methoxy groups -OCH3 is 1. The minimum Gasteiger partial charge on any atom is -0.496 e. The van der Waals surface area contributed by atoms with Gasteiger partial charge < -0.3 is 14.4 Å². The molecule has 2 aliphatic rings. The van der Waals surface area contributed by atoms with Crippen molar-refractivity contribution in [3.63, 3.8) is 0 Å². The first-order chi connectivity index (χ1) is 14.8. The predicted molar refractivity (Wildman–Crippen MR) is 123 cm³/mol. The van der Waals surface area contributed by atoms with Crippen LogP contribution >= 0.6 is 0 Å². The SMILES string of the molecule is COc1cccc2c1CCC[C@H]2CN(C)CCc1cccc2c1CCO2.CS(=O)(=O)O. The Morgan fingerprint density at radius 3 is 2.65 bits per heavy atom. The normalized spacial score (nSPS) is 17.3. The summed E-state index contributed by atoms with van der Waals surface area (Å²) in [5.41, 5.74) is 5.81. The molecule has 0 saturated carbocycles. The topological polar surface area (TPSA) is 76.1 Å². The van der Waals surface area contributed by atoms with Crippen LogP contribution in [0.3, 0.4) is 0 Å². The van der Waals surface area contributed by atoms with Gasteiger partial charge in [0.2, 0.25) is 0 Å². The molecule has 4 rings (SSSR count). The third kappa shape index (κ3) is 6.69. The van der Waals surface area contributed by atoms with E-state index in [1.165, 1.54) is 35.1 Å². The zero-order chi connectivity index (χ0) is 22.4. The van der Waals surface area contributed by atoms with Crippen LogP contribution in [0.15, 0.2) is 36.4 Å². The summed E-state index contributed by atoms with van der Waals surface area (Å²) in [4.78, 5) is 2.49. The van der Waals surface area contributed by atoms with E-state index in [2.05, 4.69) is 48.3 Å². The molecule has 0 saturated heterocycles. The molecule has 7 heteroatoms. The van der Waals surface area contributed by atoms with Crippen LogP contribution in [-0.4, -0.2) is 58.0 Å². The van der Waals surface area contributed by atoms with Crippen LogP contribution in [0.25, 0.3) is 0 Å². The molecule has 0 unspecified atom stereocenters. The Labute approximate surface area is 185 Å². The molecule has 1 atom stereocenters. The Kier molecular flexibility index (Phi) is 7.97. The molecule has 0 bridgehead atoms. The van der Waals surface area contributed by atoms with Gasteiger partial charge in [-0.1, -0.05) is 24.3 Å². The number of likely N-dealkylation sites (N-methyl/N-ethyl adjacent to an activating group) is 1. The fourth-order valence-corrected chi connectivity index (χ4v) is 4.60. The van der Waals surface area contributed by atoms with Crippen LogP contribution in [0, 0.1) is 0 Å². The number of ether oxygens (including phenoxy) is 2. The average Bonchev–Trinajstić information content (AvgIpc) is 3.20. The number of rotatable bonds is 6. The van der Waals surface area contributed by atoms with Gasteiger partial charge >= 0.3 is 0 Å². The van der Waals surface area contributed by atoms with Crippen LogP contribution in [-0.2, 0) is 29.4 Å². The van der Waals surface area contributed by atoms with Gasteiger partial charge in [0.25, 0.3) is 10.1 Å². The lowest BCUT2D eigenvalue weighted by molar-refractivity contribution is 0.299. The van der Waals surface area contributed by atoms with Crippen molar-refractivity contribution in [1.29, 1.82) is 0 Å². The molecule has 1 N–H and O–H groups in total. The molecule has 0 radical (unpaired) electrons. The van der Waals surface area contributed by atoms with Crippen molar-refractivity contribution in [1.82, 2.24) is 4.90 Å². The van der Waals surface area contributed by atoms with Gasteiger partial charge in [0, 0.05) is 25.1 Å². The summed E-state index contributed by atoms with van der Waals surface area (Å²) in [7, 11) is 0.376. The molecule has 0 aromatic heterocycles. The average molecular weight is 448 g/mol. The smallest absolute Gasteiger partial charge is 0.261 e. The first-order valence-electron chi connectivity index (χ1n) is 10.8. The maximum atomic E-state index is 9.19.